The Kier molecular flexibility index (Phi) is 5.23. The van der Waals surface area contributed by atoms with E-state index >= 15 is 0 Å². The number of carbonyl (C=O) groups excluding carboxylic acids is 1. The molecule has 0 radical (unpaired) electrons. The number of nitrogens with zero attached hydrogens (tertiary/aromatic N) is 1. The van der Waals surface area contributed by atoms with E-state index in [1.807, 2.05) is 26.8 Å². The Hall–Kier alpha value is -1.55. The summed E-state index contributed by atoms with van der Waals surface area (Å²) in [6.07, 6.45) is 1.81. The molecule has 0 aliphatic carbocycles. The Labute approximate surface area is 127 Å². The van der Waals surface area contributed by atoms with Crippen molar-refractivity contribution in [2.45, 2.75) is 51.8 Å². The molecule has 116 valence electrons. The predicted molar refractivity (Wildman–Crippen MR) is 84.1 cm³/mol. The molecule has 0 saturated carbocycles. The molecule has 21 heavy (non-hydrogen) atoms. The number of likely N-dealkylation sites (tertiary alicyclic amines) is 1. The van der Waals surface area contributed by atoms with Gasteiger partial charge in [-0.05, 0) is 45.7 Å². The van der Waals surface area contributed by atoms with E-state index in [1.54, 1.807) is 0 Å². The van der Waals surface area contributed by atoms with Gasteiger partial charge < -0.3 is 10.1 Å². The number of rotatable bonds is 3. The summed E-state index contributed by atoms with van der Waals surface area (Å²) in [6.45, 7) is 8.56. The van der Waals surface area contributed by atoms with E-state index in [0.717, 1.165) is 32.5 Å². The van der Waals surface area contributed by atoms with E-state index in [0.29, 0.717) is 0 Å². The molecule has 4 heteroatoms. The Morgan fingerprint density at radius 2 is 2.05 bits per heavy atom. The lowest BCUT2D eigenvalue weighted by molar-refractivity contribution is 0.0470. The molecule has 1 amide bonds. The second-order valence-electron chi connectivity index (χ2n) is 6.71. The van der Waals surface area contributed by atoms with Gasteiger partial charge in [-0.3, -0.25) is 4.90 Å². The number of alkyl carbamates (subject to hydrolysis) is 1. The van der Waals surface area contributed by atoms with E-state index in [2.05, 4.69) is 34.5 Å². The maximum absolute atomic E-state index is 11.8. The monoisotopic (exact) mass is 290 g/mol. The quantitative estimate of drug-likeness (QED) is 0.929. The van der Waals surface area contributed by atoms with Crippen LogP contribution in [-0.4, -0.2) is 35.7 Å². The minimum absolute atomic E-state index is 0.178. The van der Waals surface area contributed by atoms with Gasteiger partial charge in [0.05, 0.1) is 0 Å². The van der Waals surface area contributed by atoms with E-state index in [4.69, 9.17) is 4.74 Å². The largest absolute Gasteiger partial charge is 0.444 e. The van der Waals surface area contributed by atoms with E-state index < -0.39 is 5.60 Å². The molecule has 1 N–H and O–H groups in total. The molecule has 1 atom stereocenters. The van der Waals surface area contributed by atoms with Crippen LogP contribution in [0.2, 0.25) is 0 Å². The zero-order valence-corrected chi connectivity index (χ0v) is 13.3. The summed E-state index contributed by atoms with van der Waals surface area (Å²) in [6, 6.07) is 10.6. The summed E-state index contributed by atoms with van der Waals surface area (Å²) in [4.78, 5) is 14.2. The SMILES string of the molecule is CC(C)(C)OC(=O)NC1CCCN(Cc2ccccc2)C1. The average molecular weight is 290 g/mol. The maximum Gasteiger partial charge on any atom is 0.407 e. The molecule has 1 unspecified atom stereocenters. The first kappa shape index (κ1) is 15.8. The van der Waals surface area contributed by atoms with Gasteiger partial charge in [0, 0.05) is 19.1 Å². The van der Waals surface area contributed by atoms with Crippen molar-refractivity contribution in [3.8, 4) is 0 Å². The zero-order chi connectivity index (χ0) is 15.3. The van der Waals surface area contributed by atoms with Crippen LogP contribution in [0.15, 0.2) is 30.3 Å². The first-order chi connectivity index (χ1) is 9.92. The molecule has 0 aromatic heterocycles. The highest BCUT2D eigenvalue weighted by atomic mass is 16.6. The van der Waals surface area contributed by atoms with Crippen molar-refractivity contribution in [3.63, 3.8) is 0 Å². The van der Waals surface area contributed by atoms with Crippen LogP contribution >= 0.6 is 0 Å². The maximum atomic E-state index is 11.8. The predicted octanol–water partition coefficient (Wildman–Crippen LogP) is 3.18. The van der Waals surface area contributed by atoms with E-state index in [9.17, 15) is 4.79 Å². The minimum Gasteiger partial charge on any atom is -0.444 e. The summed E-state index contributed by atoms with van der Waals surface area (Å²) in [5.41, 5.74) is 0.873. The van der Waals surface area contributed by atoms with Crippen LogP contribution in [0.4, 0.5) is 4.79 Å². The highest BCUT2D eigenvalue weighted by Crippen LogP contribution is 2.14. The lowest BCUT2D eigenvalue weighted by Crippen LogP contribution is -2.48. The summed E-state index contributed by atoms with van der Waals surface area (Å²) < 4.78 is 5.33. The molecular formula is C17H26N2O2. The van der Waals surface area contributed by atoms with Gasteiger partial charge in [-0.2, -0.15) is 0 Å². The number of carbonyl (C=O) groups is 1. The van der Waals surface area contributed by atoms with Crippen molar-refractivity contribution in [1.29, 1.82) is 0 Å². The Bertz CT molecular complexity index is 454. The number of benzene rings is 1. The first-order valence-electron chi connectivity index (χ1n) is 7.68. The molecule has 1 fully saturated rings. The normalized spacial score (nSPS) is 20.0. The lowest BCUT2D eigenvalue weighted by atomic mass is 10.0. The first-order valence-corrected chi connectivity index (χ1v) is 7.68. The van der Waals surface area contributed by atoms with Gasteiger partial charge in [0.15, 0.2) is 0 Å². The summed E-state index contributed by atoms with van der Waals surface area (Å²) in [5, 5.41) is 2.99. The van der Waals surface area contributed by atoms with Gasteiger partial charge in [0.25, 0.3) is 0 Å². The van der Waals surface area contributed by atoms with Crippen molar-refractivity contribution >= 4 is 6.09 Å². The molecule has 2 rings (SSSR count). The van der Waals surface area contributed by atoms with Gasteiger partial charge in [-0.25, -0.2) is 4.79 Å². The fourth-order valence-electron chi connectivity index (χ4n) is 2.63. The van der Waals surface area contributed by atoms with E-state index in [1.165, 1.54) is 5.56 Å². The molecule has 4 nitrogen and oxygen atoms in total. The van der Waals surface area contributed by atoms with Gasteiger partial charge in [0.2, 0.25) is 0 Å². The highest BCUT2D eigenvalue weighted by Gasteiger charge is 2.24. The summed E-state index contributed by atoms with van der Waals surface area (Å²) in [7, 11) is 0. The van der Waals surface area contributed by atoms with E-state index in [-0.39, 0.29) is 12.1 Å². The molecule has 0 spiro atoms. The van der Waals surface area contributed by atoms with Gasteiger partial charge >= 0.3 is 6.09 Å². The molecular weight excluding hydrogens is 264 g/mol. The smallest absolute Gasteiger partial charge is 0.407 e. The highest BCUT2D eigenvalue weighted by molar-refractivity contribution is 5.68. The molecule has 1 saturated heterocycles. The van der Waals surface area contributed by atoms with Crippen LogP contribution in [-0.2, 0) is 11.3 Å². The van der Waals surface area contributed by atoms with Gasteiger partial charge in [0.1, 0.15) is 5.60 Å². The van der Waals surface area contributed by atoms with Crippen LogP contribution in [0.25, 0.3) is 0 Å². The summed E-state index contributed by atoms with van der Waals surface area (Å²) in [5.74, 6) is 0. The fourth-order valence-corrected chi connectivity index (χ4v) is 2.63. The third-order valence-electron chi connectivity index (χ3n) is 3.48. The summed E-state index contributed by atoms with van der Waals surface area (Å²) >= 11 is 0. The van der Waals surface area contributed by atoms with Crippen molar-refractivity contribution in [2.75, 3.05) is 13.1 Å². The molecule has 1 heterocycles. The number of ether oxygens (including phenoxy) is 1. The number of hydrogen-bond acceptors (Lipinski definition) is 3. The van der Waals surface area contributed by atoms with Crippen LogP contribution in [0.3, 0.4) is 0 Å². The van der Waals surface area contributed by atoms with Crippen molar-refractivity contribution < 1.29 is 9.53 Å². The Morgan fingerprint density at radius 1 is 1.33 bits per heavy atom. The number of hydrogen-bond donors (Lipinski definition) is 1. The topological polar surface area (TPSA) is 41.6 Å². The standard InChI is InChI=1S/C17H26N2O2/c1-17(2,3)21-16(20)18-15-10-7-11-19(13-15)12-14-8-5-4-6-9-14/h4-6,8-9,15H,7,10-13H2,1-3H3,(H,18,20). The van der Waals surface area contributed by atoms with Crippen molar-refractivity contribution in [1.82, 2.24) is 10.2 Å². The van der Waals surface area contributed by atoms with Gasteiger partial charge in [-0.1, -0.05) is 30.3 Å². The van der Waals surface area contributed by atoms with Crippen molar-refractivity contribution in [3.05, 3.63) is 35.9 Å². The Balaban J connectivity index is 1.82. The van der Waals surface area contributed by atoms with Crippen molar-refractivity contribution in [2.24, 2.45) is 0 Å². The van der Waals surface area contributed by atoms with Crippen LogP contribution in [0, 0.1) is 0 Å². The minimum atomic E-state index is -0.442. The number of amides is 1. The fraction of sp³-hybridized carbons (Fsp3) is 0.588. The number of nitrogens with one attached hydrogen (secondary N) is 1. The lowest BCUT2D eigenvalue weighted by Gasteiger charge is -2.33. The van der Waals surface area contributed by atoms with Gasteiger partial charge in [-0.15, -0.1) is 0 Å². The molecule has 1 aliphatic heterocycles. The zero-order valence-electron chi connectivity index (χ0n) is 13.3. The second kappa shape index (κ2) is 6.94. The van der Waals surface area contributed by atoms with Crippen LogP contribution in [0.5, 0.6) is 0 Å². The molecule has 0 bridgehead atoms. The number of piperidine rings is 1. The Morgan fingerprint density at radius 3 is 2.71 bits per heavy atom. The average Bonchev–Trinajstić information content (AvgIpc) is 2.38. The van der Waals surface area contributed by atoms with Crippen LogP contribution < -0.4 is 5.32 Å². The second-order valence-corrected chi connectivity index (χ2v) is 6.71. The molecule has 1 aromatic carbocycles. The van der Waals surface area contributed by atoms with Crippen LogP contribution in [0.1, 0.15) is 39.2 Å². The molecule has 1 aliphatic rings. The third-order valence-corrected chi connectivity index (χ3v) is 3.48. The molecule has 1 aromatic rings. The third kappa shape index (κ3) is 5.76.